The monoisotopic (exact) mass is 217 g/mol. The first kappa shape index (κ1) is 10.8. The Kier molecular flexibility index (Phi) is 3.31. The van der Waals surface area contributed by atoms with Crippen molar-refractivity contribution in [1.82, 2.24) is 15.5 Å². The van der Waals surface area contributed by atoms with E-state index in [1.807, 2.05) is 38.1 Å². The third-order valence-corrected chi connectivity index (χ3v) is 2.27. The third-order valence-electron chi connectivity index (χ3n) is 2.27. The zero-order valence-electron chi connectivity index (χ0n) is 9.53. The first-order valence-electron chi connectivity index (χ1n) is 5.40. The van der Waals surface area contributed by atoms with E-state index in [1.165, 1.54) is 5.56 Å². The Balaban J connectivity index is 2.18. The summed E-state index contributed by atoms with van der Waals surface area (Å²) in [4.78, 5) is 4.32. The molecule has 0 fully saturated rings. The van der Waals surface area contributed by atoms with Crippen LogP contribution < -0.4 is 5.32 Å². The lowest BCUT2D eigenvalue weighted by Crippen LogP contribution is -2.12. The number of nitrogens with one attached hydrogen (secondary N) is 1. The van der Waals surface area contributed by atoms with Crippen molar-refractivity contribution in [2.24, 2.45) is 0 Å². The molecule has 0 bridgehead atoms. The van der Waals surface area contributed by atoms with E-state index >= 15 is 0 Å². The van der Waals surface area contributed by atoms with E-state index in [0.717, 1.165) is 12.1 Å². The molecule has 0 aliphatic rings. The minimum atomic E-state index is 0.580. The van der Waals surface area contributed by atoms with E-state index in [2.05, 4.69) is 15.5 Å². The number of aromatic nitrogens is 2. The molecular weight excluding hydrogens is 202 g/mol. The predicted molar refractivity (Wildman–Crippen MR) is 61.9 cm³/mol. The normalized spacial score (nSPS) is 10.6. The highest BCUT2D eigenvalue weighted by molar-refractivity contribution is 5.53. The first-order valence-corrected chi connectivity index (χ1v) is 5.40. The molecular formula is C12H15N3O. The smallest absolute Gasteiger partial charge is 0.257 e. The average Bonchev–Trinajstić information content (AvgIpc) is 2.75. The summed E-state index contributed by atoms with van der Waals surface area (Å²) < 4.78 is 5.20. The average molecular weight is 217 g/mol. The molecule has 1 heterocycles. The minimum Gasteiger partial charge on any atom is -0.334 e. The van der Waals surface area contributed by atoms with Crippen LogP contribution in [0.15, 0.2) is 28.8 Å². The van der Waals surface area contributed by atoms with Crippen LogP contribution in [0, 0.1) is 6.92 Å². The van der Waals surface area contributed by atoms with Gasteiger partial charge in [-0.05, 0) is 25.6 Å². The van der Waals surface area contributed by atoms with Crippen LogP contribution in [0.2, 0.25) is 0 Å². The predicted octanol–water partition coefficient (Wildman–Crippen LogP) is 2.15. The maximum Gasteiger partial charge on any atom is 0.257 e. The number of benzene rings is 1. The summed E-state index contributed by atoms with van der Waals surface area (Å²) in [6.45, 7) is 5.63. The lowest BCUT2D eigenvalue weighted by atomic mass is 10.1. The molecule has 16 heavy (non-hydrogen) atoms. The molecule has 0 aliphatic carbocycles. The Labute approximate surface area is 94.7 Å². The standard InChI is InChI=1S/C12H15N3O/c1-3-13-8-11-14-12(16-15-11)10-6-4-5-9(2)7-10/h4-7,13H,3,8H2,1-2H3. The fourth-order valence-corrected chi connectivity index (χ4v) is 1.46. The molecule has 0 atom stereocenters. The lowest BCUT2D eigenvalue weighted by molar-refractivity contribution is 0.420. The molecule has 0 unspecified atom stereocenters. The highest BCUT2D eigenvalue weighted by Crippen LogP contribution is 2.17. The number of aryl methyl sites for hydroxylation is 1. The van der Waals surface area contributed by atoms with E-state index in [0.29, 0.717) is 18.3 Å². The van der Waals surface area contributed by atoms with Crippen molar-refractivity contribution < 1.29 is 4.52 Å². The Hall–Kier alpha value is -1.68. The van der Waals surface area contributed by atoms with Crippen LogP contribution in [0.5, 0.6) is 0 Å². The van der Waals surface area contributed by atoms with Gasteiger partial charge in [-0.25, -0.2) is 0 Å². The van der Waals surface area contributed by atoms with Crippen molar-refractivity contribution in [1.29, 1.82) is 0 Å². The largest absolute Gasteiger partial charge is 0.334 e. The maximum absolute atomic E-state index is 5.20. The molecule has 0 spiro atoms. The van der Waals surface area contributed by atoms with Gasteiger partial charge in [0.05, 0.1) is 6.54 Å². The highest BCUT2D eigenvalue weighted by atomic mass is 16.5. The summed E-state index contributed by atoms with van der Waals surface area (Å²) in [6.07, 6.45) is 0. The molecule has 0 saturated carbocycles. The van der Waals surface area contributed by atoms with Gasteiger partial charge in [0.25, 0.3) is 5.89 Å². The third kappa shape index (κ3) is 2.46. The maximum atomic E-state index is 5.20. The van der Waals surface area contributed by atoms with Crippen LogP contribution in [-0.2, 0) is 6.54 Å². The first-order chi connectivity index (χ1) is 7.79. The molecule has 1 aromatic carbocycles. The van der Waals surface area contributed by atoms with Gasteiger partial charge in [0.2, 0.25) is 0 Å². The lowest BCUT2D eigenvalue weighted by Gasteiger charge is -1.95. The molecule has 1 aromatic heterocycles. The fourth-order valence-electron chi connectivity index (χ4n) is 1.46. The van der Waals surface area contributed by atoms with Crippen LogP contribution in [0.1, 0.15) is 18.3 Å². The van der Waals surface area contributed by atoms with Crippen molar-refractivity contribution in [3.05, 3.63) is 35.7 Å². The second-order valence-corrected chi connectivity index (χ2v) is 3.67. The molecule has 1 N–H and O–H groups in total. The molecule has 2 rings (SSSR count). The van der Waals surface area contributed by atoms with Crippen LogP contribution in [0.4, 0.5) is 0 Å². The molecule has 0 amide bonds. The molecule has 0 radical (unpaired) electrons. The van der Waals surface area contributed by atoms with Crippen LogP contribution in [0.25, 0.3) is 11.5 Å². The summed E-state index contributed by atoms with van der Waals surface area (Å²) in [5, 5.41) is 7.07. The van der Waals surface area contributed by atoms with Gasteiger partial charge in [-0.15, -0.1) is 0 Å². The van der Waals surface area contributed by atoms with Crippen molar-refractivity contribution in [3.8, 4) is 11.5 Å². The summed E-state index contributed by atoms with van der Waals surface area (Å²) >= 11 is 0. The van der Waals surface area contributed by atoms with Gasteiger partial charge >= 0.3 is 0 Å². The molecule has 4 heteroatoms. The number of rotatable bonds is 4. The molecule has 0 aliphatic heterocycles. The quantitative estimate of drug-likeness (QED) is 0.852. The van der Waals surface area contributed by atoms with Crippen LogP contribution in [-0.4, -0.2) is 16.7 Å². The van der Waals surface area contributed by atoms with Crippen molar-refractivity contribution in [2.75, 3.05) is 6.54 Å². The Morgan fingerprint density at radius 3 is 3.00 bits per heavy atom. The second-order valence-electron chi connectivity index (χ2n) is 3.67. The van der Waals surface area contributed by atoms with Gasteiger partial charge < -0.3 is 9.84 Å². The van der Waals surface area contributed by atoms with Crippen molar-refractivity contribution >= 4 is 0 Å². The molecule has 2 aromatic rings. The molecule has 84 valence electrons. The SMILES string of the molecule is CCNCc1noc(-c2cccc(C)c2)n1. The molecule has 0 saturated heterocycles. The van der Waals surface area contributed by atoms with E-state index in [1.54, 1.807) is 0 Å². The van der Waals surface area contributed by atoms with Gasteiger partial charge in [-0.2, -0.15) is 4.98 Å². The zero-order valence-corrected chi connectivity index (χ0v) is 9.53. The van der Waals surface area contributed by atoms with E-state index in [4.69, 9.17) is 4.52 Å². The summed E-state index contributed by atoms with van der Waals surface area (Å²) in [5.41, 5.74) is 2.15. The number of nitrogens with zero attached hydrogens (tertiary/aromatic N) is 2. The molecule has 4 nitrogen and oxygen atoms in total. The van der Waals surface area contributed by atoms with Crippen LogP contribution >= 0.6 is 0 Å². The fraction of sp³-hybridized carbons (Fsp3) is 0.333. The topological polar surface area (TPSA) is 51.0 Å². The van der Waals surface area contributed by atoms with Crippen molar-refractivity contribution in [2.45, 2.75) is 20.4 Å². The van der Waals surface area contributed by atoms with E-state index in [9.17, 15) is 0 Å². The van der Waals surface area contributed by atoms with E-state index in [-0.39, 0.29) is 0 Å². The van der Waals surface area contributed by atoms with Gasteiger partial charge in [-0.3, -0.25) is 0 Å². The van der Waals surface area contributed by atoms with E-state index < -0.39 is 0 Å². The van der Waals surface area contributed by atoms with Gasteiger partial charge in [0, 0.05) is 5.56 Å². The minimum absolute atomic E-state index is 0.580. The van der Waals surface area contributed by atoms with Gasteiger partial charge in [0.1, 0.15) is 0 Å². The Bertz CT molecular complexity index is 465. The summed E-state index contributed by atoms with van der Waals surface area (Å²) in [6, 6.07) is 8.03. The second kappa shape index (κ2) is 4.90. The van der Waals surface area contributed by atoms with Crippen molar-refractivity contribution in [3.63, 3.8) is 0 Å². The van der Waals surface area contributed by atoms with Gasteiger partial charge in [0.15, 0.2) is 5.82 Å². The van der Waals surface area contributed by atoms with Crippen LogP contribution in [0.3, 0.4) is 0 Å². The zero-order chi connectivity index (χ0) is 11.4. The highest BCUT2D eigenvalue weighted by Gasteiger charge is 2.07. The summed E-state index contributed by atoms with van der Waals surface area (Å²) in [5.74, 6) is 1.27. The Morgan fingerprint density at radius 1 is 1.38 bits per heavy atom. The Morgan fingerprint density at radius 2 is 2.25 bits per heavy atom. The summed E-state index contributed by atoms with van der Waals surface area (Å²) in [7, 11) is 0. The van der Waals surface area contributed by atoms with Gasteiger partial charge in [-0.1, -0.05) is 29.8 Å². The number of hydrogen-bond donors (Lipinski definition) is 1. The number of hydrogen-bond acceptors (Lipinski definition) is 4.